The first-order valence-corrected chi connectivity index (χ1v) is 10.2. The fraction of sp³-hybridized carbons (Fsp3) is 0.261. The number of hydrogen-bond acceptors (Lipinski definition) is 4. The number of nitrogens with zero attached hydrogens (tertiary/aromatic N) is 1. The third-order valence-electron chi connectivity index (χ3n) is 4.56. The van der Waals surface area contributed by atoms with Gasteiger partial charge in [0, 0.05) is 12.6 Å². The summed E-state index contributed by atoms with van der Waals surface area (Å²) in [5, 5.41) is 2.43. The maximum Gasteiger partial charge on any atom is 0.293 e. The molecule has 0 aliphatic carbocycles. The van der Waals surface area contributed by atoms with Gasteiger partial charge in [-0.1, -0.05) is 57.2 Å². The van der Waals surface area contributed by atoms with Gasteiger partial charge in [0.05, 0.1) is 11.4 Å². The van der Waals surface area contributed by atoms with Gasteiger partial charge in [-0.15, -0.1) is 0 Å². The van der Waals surface area contributed by atoms with Crippen LogP contribution in [-0.2, 0) is 21.5 Å². The Labute approximate surface area is 175 Å². The Morgan fingerprint density at radius 2 is 1.66 bits per heavy atom. The second-order valence-electron chi connectivity index (χ2n) is 8.02. The summed E-state index contributed by atoms with van der Waals surface area (Å²) in [4.78, 5) is 37.9. The lowest BCUT2D eigenvalue weighted by Gasteiger charge is -2.20. The standard InChI is InChI=1S/C23H24N2O3S/c1-15(26)24-19-11-7-16(8-12-19)13-20-21(27)25(22(28)29-20)14-17-5-9-18(10-6-17)23(2,3)4/h5-13H,14H2,1-4H3,(H,24,26)/b20-13-. The highest BCUT2D eigenvalue weighted by Gasteiger charge is 2.35. The van der Waals surface area contributed by atoms with Crippen LogP contribution in [0.1, 0.15) is 44.4 Å². The molecule has 0 radical (unpaired) electrons. The summed E-state index contributed by atoms with van der Waals surface area (Å²) < 4.78 is 0. The number of thioether (sulfide) groups is 1. The predicted octanol–water partition coefficient (Wildman–Crippen LogP) is 5.18. The largest absolute Gasteiger partial charge is 0.326 e. The van der Waals surface area contributed by atoms with E-state index in [2.05, 4.69) is 26.1 Å². The summed E-state index contributed by atoms with van der Waals surface area (Å²) in [5.41, 5.74) is 3.65. The van der Waals surface area contributed by atoms with E-state index in [1.165, 1.54) is 17.4 Å². The van der Waals surface area contributed by atoms with Gasteiger partial charge in [-0.05, 0) is 52.1 Å². The summed E-state index contributed by atoms with van der Waals surface area (Å²) in [5.74, 6) is -0.430. The van der Waals surface area contributed by atoms with Crippen LogP contribution >= 0.6 is 11.8 Å². The molecule has 1 aliphatic rings. The number of imide groups is 1. The Kier molecular flexibility index (Phi) is 5.94. The molecular formula is C23H24N2O3S. The van der Waals surface area contributed by atoms with Crippen LogP contribution in [0.15, 0.2) is 53.4 Å². The number of rotatable bonds is 4. The quantitative estimate of drug-likeness (QED) is 0.708. The van der Waals surface area contributed by atoms with Crippen LogP contribution in [0, 0.1) is 0 Å². The van der Waals surface area contributed by atoms with Crippen molar-refractivity contribution in [3.05, 3.63) is 70.1 Å². The maximum atomic E-state index is 12.7. The molecule has 150 valence electrons. The molecule has 0 spiro atoms. The van der Waals surface area contributed by atoms with Crippen LogP contribution in [-0.4, -0.2) is 22.0 Å². The molecule has 1 aliphatic heterocycles. The van der Waals surface area contributed by atoms with E-state index in [9.17, 15) is 14.4 Å². The third kappa shape index (κ3) is 5.15. The summed E-state index contributed by atoms with van der Waals surface area (Å²) >= 11 is 0.947. The number of benzene rings is 2. The van der Waals surface area contributed by atoms with Gasteiger partial charge in [0.15, 0.2) is 0 Å². The molecule has 1 N–H and O–H groups in total. The predicted molar refractivity (Wildman–Crippen MR) is 117 cm³/mol. The van der Waals surface area contributed by atoms with E-state index in [1.807, 2.05) is 24.3 Å². The first-order valence-electron chi connectivity index (χ1n) is 9.36. The van der Waals surface area contributed by atoms with Crippen molar-refractivity contribution in [2.24, 2.45) is 0 Å². The van der Waals surface area contributed by atoms with Crippen molar-refractivity contribution in [1.82, 2.24) is 4.90 Å². The molecule has 0 aromatic heterocycles. The summed E-state index contributed by atoms with van der Waals surface area (Å²) in [6.07, 6.45) is 1.70. The Morgan fingerprint density at radius 3 is 2.21 bits per heavy atom. The maximum absolute atomic E-state index is 12.7. The minimum atomic E-state index is -0.286. The Bertz CT molecular complexity index is 971. The van der Waals surface area contributed by atoms with Gasteiger partial charge < -0.3 is 5.32 Å². The van der Waals surface area contributed by atoms with Gasteiger partial charge in [0.25, 0.3) is 11.1 Å². The lowest BCUT2D eigenvalue weighted by molar-refractivity contribution is -0.123. The van der Waals surface area contributed by atoms with Crippen molar-refractivity contribution >= 4 is 40.6 Å². The van der Waals surface area contributed by atoms with Gasteiger partial charge in [-0.2, -0.15) is 0 Å². The Hall–Kier alpha value is -2.86. The smallest absolute Gasteiger partial charge is 0.293 e. The molecule has 0 bridgehead atoms. The van der Waals surface area contributed by atoms with E-state index in [4.69, 9.17) is 0 Å². The molecule has 0 saturated carbocycles. The first kappa shape index (κ1) is 20.9. The molecule has 29 heavy (non-hydrogen) atoms. The van der Waals surface area contributed by atoms with Crippen molar-refractivity contribution in [3.8, 4) is 0 Å². The average molecular weight is 409 g/mol. The molecule has 1 heterocycles. The normalized spacial score (nSPS) is 15.9. The fourth-order valence-electron chi connectivity index (χ4n) is 2.95. The molecule has 2 aromatic carbocycles. The molecule has 0 atom stereocenters. The number of anilines is 1. The van der Waals surface area contributed by atoms with Gasteiger partial charge >= 0.3 is 0 Å². The van der Waals surface area contributed by atoms with Gasteiger partial charge in [0.1, 0.15) is 0 Å². The highest BCUT2D eigenvalue weighted by atomic mass is 32.2. The van der Waals surface area contributed by atoms with Crippen molar-refractivity contribution in [2.75, 3.05) is 5.32 Å². The molecule has 2 aromatic rings. The number of carbonyl (C=O) groups excluding carboxylic acids is 3. The van der Waals surface area contributed by atoms with E-state index in [0.717, 1.165) is 22.9 Å². The van der Waals surface area contributed by atoms with Crippen LogP contribution in [0.2, 0.25) is 0 Å². The molecule has 5 nitrogen and oxygen atoms in total. The average Bonchev–Trinajstić information content (AvgIpc) is 2.90. The van der Waals surface area contributed by atoms with E-state index in [0.29, 0.717) is 10.6 Å². The molecule has 3 rings (SSSR count). The van der Waals surface area contributed by atoms with Gasteiger partial charge in [0.2, 0.25) is 5.91 Å². The van der Waals surface area contributed by atoms with Crippen LogP contribution in [0.25, 0.3) is 6.08 Å². The lowest BCUT2D eigenvalue weighted by atomic mass is 9.87. The van der Waals surface area contributed by atoms with E-state index in [1.54, 1.807) is 30.3 Å². The zero-order valence-corrected chi connectivity index (χ0v) is 17.8. The van der Waals surface area contributed by atoms with Crippen LogP contribution in [0.5, 0.6) is 0 Å². The zero-order chi connectivity index (χ0) is 21.2. The molecular weight excluding hydrogens is 384 g/mol. The monoisotopic (exact) mass is 408 g/mol. The molecule has 1 saturated heterocycles. The number of hydrogen-bond donors (Lipinski definition) is 1. The zero-order valence-electron chi connectivity index (χ0n) is 17.0. The van der Waals surface area contributed by atoms with Gasteiger partial charge in [-0.25, -0.2) is 0 Å². The Morgan fingerprint density at radius 1 is 1.03 bits per heavy atom. The fourth-order valence-corrected chi connectivity index (χ4v) is 3.78. The molecule has 1 fully saturated rings. The number of amides is 3. The lowest BCUT2D eigenvalue weighted by Crippen LogP contribution is -2.27. The second-order valence-corrected chi connectivity index (χ2v) is 9.01. The highest BCUT2D eigenvalue weighted by molar-refractivity contribution is 8.18. The van der Waals surface area contributed by atoms with Crippen LogP contribution < -0.4 is 5.32 Å². The first-order chi connectivity index (χ1) is 13.6. The minimum absolute atomic E-state index is 0.0546. The van der Waals surface area contributed by atoms with Crippen molar-refractivity contribution < 1.29 is 14.4 Å². The van der Waals surface area contributed by atoms with Crippen LogP contribution in [0.4, 0.5) is 10.5 Å². The van der Waals surface area contributed by atoms with Crippen molar-refractivity contribution in [2.45, 2.75) is 39.7 Å². The van der Waals surface area contributed by atoms with Crippen molar-refractivity contribution in [3.63, 3.8) is 0 Å². The molecule has 0 unspecified atom stereocenters. The van der Waals surface area contributed by atoms with Crippen LogP contribution in [0.3, 0.4) is 0 Å². The second kappa shape index (κ2) is 8.25. The van der Waals surface area contributed by atoms with E-state index < -0.39 is 0 Å². The number of nitrogens with one attached hydrogen (secondary N) is 1. The van der Waals surface area contributed by atoms with Crippen molar-refractivity contribution in [1.29, 1.82) is 0 Å². The number of carbonyl (C=O) groups is 3. The molecule has 6 heteroatoms. The SMILES string of the molecule is CC(=O)Nc1ccc(/C=C2\SC(=O)N(Cc3ccc(C(C)(C)C)cc3)C2=O)cc1. The molecule has 3 amide bonds. The highest BCUT2D eigenvalue weighted by Crippen LogP contribution is 2.33. The Balaban J connectivity index is 1.72. The van der Waals surface area contributed by atoms with E-state index >= 15 is 0 Å². The summed E-state index contributed by atoms with van der Waals surface area (Å²) in [6.45, 7) is 8.14. The van der Waals surface area contributed by atoms with E-state index in [-0.39, 0.29) is 29.0 Å². The summed E-state index contributed by atoms with van der Waals surface area (Å²) in [7, 11) is 0. The van der Waals surface area contributed by atoms with Gasteiger partial charge in [-0.3, -0.25) is 19.3 Å². The summed E-state index contributed by atoms with van der Waals surface area (Å²) in [6, 6.07) is 15.1. The minimum Gasteiger partial charge on any atom is -0.326 e. The third-order valence-corrected chi connectivity index (χ3v) is 5.47. The topological polar surface area (TPSA) is 66.5 Å².